The molecule has 2 aromatic rings. The monoisotopic (exact) mass is 455 g/mol. The molecule has 2 N–H and O–H groups in total. The van der Waals surface area contributed by atoms with Crippen molar-refractivity contribution in [3.8, 4) is 0 Å². The predicted molar refractivity (Wildman–Crippen MR) is 129 cm³/mol. The molecule has 0 saturated carbocycles. The van der Waals surface area contributed by atoms with E-state index < -0.39 is 0 Å². The number of para-hydroxylation sites is 1. The van der Waals surface area contributed by atoms with Crippen molar-refractivity contribution in [2.45, 2.75) is 25.7 Å². The molecule has 0 aromatic heterocycles. The fourth-order valence-corrected chi connectivity index (χ4v) is 4.32. The molecule has 2 aliphatic rings. The Bertz CT molecular complexity index is 975. The van der Waals surface area contributed by atoms with Gasteiger partial charge in [-0.05, 0) is 50.2 Å². The summed E-state index contributed by atoms with van der Waals surface area (Å²) in [6, 6.07) is 12.4. The standard InChI is InChI=1S/C24H30ClN5O2/c1-28-13-15-29(16-14-28)26-12-6-2-3-9-23(31)30-21-8-5-4-7-19(21)24(32)27-20-17-18(25)10-11-22(20)30/h4-5,7-8,10-11,17,26H,2-3,6,9,12-16H2,1H3,(H,27,32). The van der Waals surface area contributed by atoms with Crippen LogP contribution in [0, 0.1) is 0 Å². The summed E-state index contributed by atoms with van der Waals surface area (Å²) >= 11 is 6.15. The molecule has 8 heteroatoms. The summed E-state index contributed by atoms with van der Waals surface area (Å²) in [6.45, 7) is 5.18. The van der Waals surface area contributed by atoms with Crippen molar-refractivity contribution in [1.29, 1.82) is 0 Å². The van der Waals surface area contributed by atoms with Crippen LogP contribution < -0.4 is 15.6 Å². The maximum absolute atomic E-state index is 13.3. The average Bonchev–Trinajstić information content (AvgIpc) is 2.91. The van der Waals surface area contributed by atoms with Crippen LogP contribution in [0.4, 0.5) is 17.1 Å². The number of carbonyl (C=O) groups is 2. The number of halogens is 1. The quantitative estimate of drug-likeness (QED) is 0.620. The largest absolute Gasteiger partial charge is 0.320 e. The Kier molecular flexibility index (Phi) is 7.42. The molecule has 32 heavy (non-hydrogen) atoms. The molecular weight excluding hydrogens is 426 g/mol. The van der Waals surface area contributed by atoms with E-state index in [2.05, 4.69) is 27.7 Å². The Labute approximate surface area is 194 Å². The fraction of sp³-hybridized carbons (Fsp3) is 0.417. The molecule has 2 heterocycles. The molecule has 1 saturated heterocycles. The average molecular weight is 456 g/mol. The van der Waals surface area contributed by atoms with Crippen LogP contribution in [-0.2, 0) is 4.79 Å². The third-order valence-corrected chi connectivity index (χ3v) is 6.23. The van der Waals surface area contributed by atoms with Gasteiger partial charge in [0, 0.05) is 44.2 Å². The zero-order chi connectivity index (χ0) is 22.5. The van der Waals surface area contributed by atoms with Gasteiger partial charge in [-0.2, -0.15) is 0 Å². The van der Waals surface area contributed by atoms with Gasteiger partial charge in [-0.3, -0.25) is 19.9 Å². The van der Waals surface area contributed by atoms with Crippen LogP contribution in [-0.4, -0.2) is 61.5 Å². The summed E-state index contributed by atoms with van der Waals surface area (Å²) in [5.41, 5.74) is 5.76. The van der Waals surface area contributed by atoms with Gasteiger partial charge in [0.2, 0.25) is 5.91 Å². The third-order valence-electron chi connectivity index (χ3n) is 5.99. The summed E-state index contributed by atoms with van der Waals surface area (Å²) < 4.78 is 0. The normalized spacial score (nSPS) is 16.8. The molecule has 0 radical (unpaired) electrons. The van der Waals surface area contributed by atoms with Crippen LogP contribution in [0.1, 0.15) is 36.0 Å². The minimum atomic E-state index is -0.241. The molecule has 0 bridgehead atoms. The number of anilines is 3. The Balaban J connectivity index is 1.36. The van der Waals surface area contributed by atoms with Crippen LogP contribution in [0.5, 0.6) is 0 Å². The first-order chi connectivity index (χ1) is 15.5. The zero-order valence-electron chi connectivity index (χ0n) is 18.4. The van der Waals surface area contributed by atoms with Crippen LogP contribution in [0.15, 0.2) is 42.5 Å². The predicted octanol–water partition coefficient (Wildman–Crippen LogP) is 3.88. The molecule has 1 fully saturated rings. The van der Waals surface area contributed by atoms with Gasteiger partial charge >= 0.3 is 0 Å². The zero-order valence-corrected chi connectivity index (χ0v) is 19.2. The Hall–Kier alpha value is -2.45. The van der Waals surface area contributed by atoms with E-state index in [1.807, 2.05) is 12.1 Å². The second-order valence-corrected chi connectivity index (χ2v) is 8.81. The number of likely N-dealkylation sites (N-methyl/N-ethyl adjacent to an activating group) is 1. The van der Waals surface area contributed by atoms with Crippen molar-refractivity contribution in [2.75, 3.05) is 50.0 Å². The van der Waals surface area contributed by atoms with Crippen molar-refractivity contribution in [2.24, 2.45) is 0 Å². The van der Waals surface area contributed by atoms with Gasteiger partial charge in [-0.25, -0.2) is 5.01 Å². The lowest BCUT2D eigenvalue weighted by Gasteiger charge is -2.32. The number of hydrazine groups is 1. The van der Waals surface area contributed by atoms with Crippen LogP contribution in [0.3, 0.4) is 0 Å². The molecular formula is C24H30ClN5O2. The van der Waals surface area contributed by atoms with E-state index in [0.29, 0.717) is 34.1 Å². The highest BCUT2D eigenvalue weighted by atomic mass is 35.5. The molecule has 0 aliphatic carbocycles. The number of carbonyl (C=O) groups excluding carboxylic acids is 2. The minimum absolute atomic E-state index is 0.0236. The number of unbranched alkanes of at least 4 members (excludes halogenated alkanes) is 2. The first-order valence-corrected chi connectivity index (χ1v) is 11.6. The van der Waals surface area contributed by atoms with Crippen molar-refractivity contribution >= 4 is 40.5 Å². The highest BCUT2D eigenvalue weighted by Gasteiger charge is 2.29. The summed E-state index contributed by atoms with van der Waals surface area (Å²) in [5, 5.41) is 5.68. The van der Waals surface area contributed by atoms with E-state index in [0.717, 1.165) is 52.0 Å². The number of hydrogen-bond donors (Lipinski definition) is 2. The number of hydrogen-bond acceptors (Lipinski definition) is 5. The van der Waals surface area contributed by atoms with Crippen LogP contribution in [0.2, 0.25) is 5.02 Å². The molecule has 7 nitrogen and oxygen atoms in total. The molecule has 0 unspecified atom stereocenters. The van der Waals surface area contributed by atoms with Gasteiger partial charge in [-0.15, -0.1) is 0 Å². The summed E-state index contributed by atoms with van der Waals surface area (Å²) in [7, 11) is 2.15. The van der Waals surface area contributed by atoms with Crippen molar-refractivity contribution in [3.63, 3.8) is 0 Å². The second kappa shape index (κ2) is 10.4. The number of nitrogens with zero attached hydrogens (tertiary/aromatic N) is 3. The van der Waals surface area contributed by atoms with Gasteiger partial charge in [0.25, 0.3) is 5.91 Å². The number of rotatable bonds is 7. The highest BCUT2D eigenvalue weighted by molar-refractivity contribution is 6.31. The maximum atomic E-state index is 13.3. The number of fused-ring (bicyclic) bond motifs is 2. The van der Waals surface area contributed by atoms with Gasteiger partial charge in [0.1, 0.15) is 0 Å². The minimum Gasteiger partial charge on any atom is -0.320 e. The van der Waals surface area contributed by atoms with E-state index >= 15 is 0 Å². The lowest BCUT2D eigenvalue weighted by atomic mass is 10.1. The summed E-state index contributed by atoms with van der Waals surface area (Å²) in [6.07, 6.45) is 3.19. The maximum Gasteiger partial charge on any atom is 0.257 e. The van der Waals surface area contributed by atoms with Gasteiger partial charge in [0.15, 0.2) is 0 Å². The molecule has 4 rings (SSSR count). The summed E-state index contributed by atoms with van der Waals surface area (Å²) in [4.78, 5) is 30.0. The number of benzene rings is 2. The van der Waals surface area contributed by atoms with Crippen molar-refractivity contribution in [3.05, 3.63) is 53.1 Å². The Morgan fingerprint density at radius 3 is 2.62 bits per heavy atom. The van der Waals surface area contributed by atoms with Crippen LogP contribution >= 0.6 is 11.6 Å². The lowest BCUT2D eigenvalue weighted by molar-refractivity contribution is -0.118. The number of amides is 2. The van der Waals surface area contributed by atoms with E-state index in [1.165, 1.54) is 0 Å². The van der Waals surface area contributed by atoms with E-state index in [-0.39, 0.29) is 11.8 Å². The smallest absolute Gasteiger partial charge is 0.257 e. The Morgan fingerprint density at radius 1 is 1.03 bits per heavy atom. The van der Waals surface area contributed by atoms with Crippen molar-refractivity contribution < 1.29 is 9.59 Å². The van der Waals surface area contributed by atoms with E-state index in [4.69, 9.17) is 11.6 Å². The van der Waals surface area contributed by atoms with Gasteiger partial charge in [-0.1, -0.05) is 30.2 Å². The highest BCUT2D eigenvalue weighted by Crippen LogP contribution is 2.39. The fourth-order valence-electron chi connectivity index (χ4n) is 4.14. The van der Waals surface area contributed by atoms with E-state index in [1.54, 1.807) is 35.2 Å². The molecule has 2 aliphatic heterocycles. The first kappa shape index (κ1) is 22.7. The lowest BCUT2D eigenvalue weighted by Crippen LogP contribution is -2.50. The first-order valence-electron chi connectivity index (χ1n) is 11.2. The molecule has 0 spiro atoms. The summed E-state index contributed by atoms with van der Waals surface area (Å²) in [5.74, 6) is -0.265. The number of piperazine rings is 1. The van der Waals surface area contributed by atoms with E-state index in [9.17, 15) is 9.59 Å². The molecule has 2 amide bonds. The van der Waals surface area contributed by atoms with Crippen LogP contribution in [0.25, 0.3) is 0 Å². The van der Waals surface area contributed by atoms with Gasteiger partial charge in [0.05, 0.1) is 22.6 Å². The molecule has 0 atom stereocenters. The number of nitrogens with one attached hydrogen (secondary N) is 2. The Morgan fingerprint density at radius 2 is 1.81 bits per heavy atom. The topological polar surface area (TPSA) is 67.9 Å². The SMILES string of the molecule is CN1CCN(NCCCCCC(=O)N2c3ccc(Cl)cc3NC(=O)c3ccccc32)CC1. The second-order valence-electron chi connectivity index (χ2n) is 8.37. The van der Waals surface area contributed by atoms with Crippen molar-refractivity contribution in [1.82, 2.24) is 15.3 Å². The molecule has 170 valence electrons. The van der Waals surface area contributed by atoms with Gasteiger partial charge < -0.3 is 10.2 Å². The molecule has 2 aromatic carbocycles. The third kappa shape index (κ3) is 5.30.